The third-order valence-corrected chi connectivity index (χ3v) is 3.19. The summed E-state index contributed by atoms with van der Waals surface area (Å²) in [4.78, 5) is 4.43. The van der Waals surface area contributed by atoms with E-state index in [2.05, 4.69) is 20.7 Å². The fraction of sp³-hybridized carbons (Fsp3) is 0.733. The molecule has 1 aromatic rings. The highest BCUT2D eigenvalue weighted by Gasteiger charge is 2.24. The number of guanidine groups is 1. The molecule has 0 saturated carbocycles. The zero-order valence-corrected chi connectivity index (χ0v) is 14.5. The highest BCUT2D eigenvalue weighted by molar-refractivity contribution is 5.79. The lowest BCUT2D eigenvalue weighted by atomic mass is 10.0. The molecule has 132 valence electrons. The maximum atomic E-state index is 10.5. The van der Waals surface area contributed by atoms with E-state index in [0.717, 1.165) is 12.1 Å². The number of methoxy groups -OCH3 is 1. The quantitative estimate of drug-likeness (QED) is 0.314. The second-order valence-corrected chi connectivity index (χ2v) is 5.40. The molecule has 23 heavy (non-hydrogen) atoms. The van der Waals surface area contributed by atoms with E-state index in [0.29, 0.717) is 32.3 Å². The lowest BCUT2D eigenvalue weighted by Gasteiger charge is -2.20. The van der Waals surface area contributed by atoms with Crippen LogP contribution in [-0.2, 0) is 22.1 Å². The van der Waals surface area contributed by atoms with Crippen LogP contribution in [0.15, 0.2) is 17.4 Å². The molecule has 0 aliphatic carbocycles. The molecule has 0 amide bonds. The van der Waals surface area contributed by atoms with Gasteiger partial charge < -0.3 is 25.2 Å². The fourth-order valence-electron chi connectivity index (χ4n) is 1.85. The molecular formula is C15H29N5O3. The van der Waals surface area contributed by atoms with Crippen LogP contribution in [0, 0.1) is 0 Å². The molecule has 0 spiro atoms. The minimum absolute atomic E-state index is 0.235. The Labute approximate surface area is 137 Å². The molecule has 0 fully saturated rings. The third kappa shape index (κ3) is 7.45. The van der Waals surface area contributed by atoms with E-state index in [1.165, 1.54) is 0 Å². The van der Waals surface area contributed by atoms with E-state index in [1.54, 1.807) is 31.1 Å². The monoisotopic (exact) mass is 327 g/mol. The number of aliphatic hydroxyl groups is 1. The average molecular weight is 327 g/mol. The van der Waals surface area contributed by atoms with Gasteiger partial charge in [0.15, 0.2) is 5.96 Å². The van der Waals surface area contributed by atoms with Gasteiger partial charge in [-0.15, -0.1) is 0 Å². The topological polar surface area (TPSA) is 92.9 Å². The van der Waals surface area contributed by atoms with Crippen molar-refractivity contribution in [3.8, 4) is 0 Å². The van der Waals surface area contributed by atoms with Gasteiger partial charge in [-0.25, -0.2) is 4.99 Å². The fourth-order valence-corrected chi connectivity index (χ4v) is 1.85. The van der Waals surface area contributed by atoms with Gasteiger partial charge >= 0.3 is 0 Å². The number of rotatable bonds is 10. The second-order valence-electron chi connectivity index (χ2n) is 5.40. The van der Waals surface area contributed by atoms with E-state index >= 15 is 0 Å². The SMILES string of the molecule is CCNC(=NCC(C)(O)c1cnn(C)c1)NCCOCCOC. The normalized spacial score (nSPS) is 14.6. The van der Waals surface area contributed by atoms with Gasteiger partial charge in [0.05, 0.1) is 32.6 Å². The first-order valence-electron chi connectivity index (χ1n) is 7.80. The molecule has 0 radical (unpaired) electrons. The van der Waals surface area contributed by atoms with Crippen LogP contribution in [0.3, 0.4) is 0 Å². The van der Waals surface area contributed by atoms with Crippen LogP contribution >= 0.6 is 0 Å². The van der Waals surface area contributed by atoms with Gasteiger partial charge in [-0.1, -0.05) is 0 Å². The molecule has 1 atom stereocenters. The summed E-state index contributed by atoms with van der Waals surface area (Å²) in [5.41, 5.74) is -0.325. The van der Waals surface area contributed by atoms with Crippen LogP contribution in [0.1, 0.15) is 19.4 Å². The Morgan fingerprint density at radius 3 is 2.78 bits per heavy atom. The summed E-state index contributed by atoms with van der Waals surface area (Å²) in [6.45, 7) is 7.04. The van der Waals surface area contributed by atoms with Gasteiger partial charge in [-0.05, 0) is 13.8 Å². The molecule has 0 saturated heterocycles. The molecule has 1 aromatic heterocycles. The lowest BCUT2D eigenvalue weighted by Crippen LogP contribution is -2.40. The van der Waals surface area contributed by atoms with E-state index in [1.807, 2.05) is 14.0 Å². The van der Waals surface area contributed by atoms with E-state index in [4.69, 9.17) is 9.47 Å². The van der Waals surface area contributed by atoms with Crippen LogP contribution < -0.4 is 10.6 Å². The Morgan fingerprint density at radius 1 is 1.39 bits per heavy atom. The molecule has 0 aromatic carbocycles. The Hall–Kier alpha value is -1.64. The van der Waals surface area contributed by atoms with E-state index in [9.17, 15) is 5.11 Å². The summed E-state index contributed by atoms with van der Waals surface area (Å²) in [6, 6.07) is 0. The molecule has 0 aliphatic heterocycles. The molecule has 8 heteroatoms. The van der Waals surface area contributed by atoms with Gasteiger partial charge in [0.2, 0.25) is 0 Å². The van der Waals surface area contributed by atoms with Crippen molar-refractivity contribution in [3.63, 3.8) is 0 Å². The predicted octanol–water partition coefficient (Wildman–Crippen LogP) is -0.154. The van der Waals surface area contributed by atoms with Crippen molar-refractivity contribution in [3.05, 3.63) is 18.0 Å². The molecule has 0 aliphatic rings. The second kappa shape index (κ2) is 10.2. The molecular weight excluding hydrogens is 298 g/mol. The number of hydrogen-bond donors (Lipinski definition) is 3. The van der Waals surface area contributed by atoms with Crippen molar-refractivity contribution in [2.24, 2.45) is 12.0 Å². The van der Waals surface area contributed by atoms with Crippen molar-refractivity contribution in [1.82, 2.24) is 20.4 Å². The summed E-state index contributed by atoms with van der Waals surface area (Å²) in [7, 11) is 3.46. The first-order chi connectivity index (χ1) is 11.0. The van der Waals surface area contributed by atoms with E-state index < -0.39 is 5.60 Å². The molecule has 1 unspecified atom stereocenters. The number of nitrogens with one attached hydrogen (secondary N) is 2. The van der Waals surface area contributed by atoms with Crippen LogP contribution in [0.25, 0.3) is 0 Å². The van der Waals surface area contributed by atoms with Crippen LogP contribution in [-0.4, -0.2) is 67.4 Å². The van der Waals surface area contributed by atoms with Crippen molar-refractivity contribution in [2.75, 3.05) is 46.6 Å². The Kier molecular flexibility index (Phi) is 8.60. The summed E-state index contributed by atoms with van der Waals surface area (Å²) in [5.74, 6) is 0.645. The molecule has 0 bridgehead atoms. The van der Waals surface area contributed by atoms with Gasteiger partial charge in [0, 0.05) is 39.0 Å². The Balaban J connectivity index is 2.47. The molecule has 1 heterocycles. The largest absolute Gasteiger partial charge is 0.383 e. The predicted molar refractivity (Wildman–Crippen MR) is 89.5 cm³/mol. The van der Waals surface area contributed by atoms with Gasteiger partial charge in [-0.3, -0.25) is 4.68 Å². The van der Waals surface area contributed by atoms with E-state index in [-0.39, 0.29) is 6.54 Å². The maximum Gasteiger partial charge on any atom is 0.191 e. The smallest absolute Gasteiger partial charge is 0.191 e. The first kappa shape index (κ1) is 19.4. The highest BCUT2D eigenvalue weighted by Crippen LogP contribution is 2.19. The summed E-state index contributed by atoms with van der Waals surface area (Å²) < 4.78 is 12.0. The summed E-state index contributed by atoms with van der Waals surface area (Å²) >= 11 is 0. The van der Waals surface area contributed by atoms with Gasteiger partial charge in [-0.2, -0.15) is 5.10 Å². The van der Waals surface area contributed by atoms with Crippen LogP contribution in [0.4, 0.5) is 0 Å². The number of aromatic nitrogens is 2. The summed E-state index contributed by atoms with van der Waals surface area (Å²) in [6.07, 6.45) is 3.44. The minimum Gasteiger partial charge on any atom is -0.383 e. The maximum absolute atomic E-state index is 10.5. The highest BCUT2D eigenvalue weighted by atomic mass is 16.5. The van der Waals surface area contributed by atoms with Crippen molar-refractivity contribution >= 4 is 5.96 Å². The number of nitrogens with zero attached hydrogens (tertiary/aromatic N) is 3. The first-order valence-corrected chi connectivity index (χ1v) is 7.80. The van der Waals surface area contributed by atoms with Crippen molar-refractivity contribution in [2.45, 2.75) is 19.4 Å². The van der Waals surface area contributed by atoms with Crippen molar-refractivity contribution in [1.29, 1.82) is 0 Å². The number of hydrogen-bond acceptors (Lipinski definition) is 5. The van der Waals surface area contributed by atoms with Crippen LogP contribution in [0.5, 0.6) is 0 Å². The van der Waals surface area contributed by atoms with Gasteiger partial charge in [0.25, 0.3) is 0 Å². The standard InChI is InChI=1S/C15H29N5O3/c1-5-16-14(17-6-7-23-9-8-22-4)18-12-15(2,21)13-10-19-20(3)11-13/h10-11,21H,5-9,12H2,1-4H3,(H2,16,17,18). The third-order valence-electron chi connectivity index (χ3n) is 3.19. The summed E-state index contributed by atoms with van der Waals surface area (Å²) in [5, 5.41) is 20.9. The molecule has 3 N–H and O–H groups in total. The zero-order valence-electron chi connectivity index (χ0n) is 14.5. The lowest BCUT2D eigenvalue weighted by molar-refractivity contribution is 0.0669. The number of aliphatic imine (C=N–C) groups is 1. The number of aryl methyl sites for hydroxylation is 1. The minimum atomic E-state index is -1.06. The average Bonchev–Trinajstić information content (AvgIpc) is 2.95. The van der Waals surface area contributed by atoms with Crippen LogP contribution in [0.2, 0.25) is 0 Å². The molecule has 1 rings (SSSR count). The Bertz CT molecular complexity index is 473. The zero-order chi connectivity index (χ0) is 17.1. The Morgan fingerprint density at radius 2 is 2.17 bits per heavy atom. The number of ether oxygens (including phenoxy) is 2. The van der Waals surface area contributed by atoms with Crippen molar-refractivity contribution < 1.29 is 14.6 Å². The molecule has 8 nitrogen and oxygen atoms in total. The van der Waals surface area contributed by atoms with Gasteiger partial charge in [0.1, 0.15) is 5.60 Å².